The van der Waals surface area contributed by atoms with Crippen molar-refractivity contribution >= 4 is 11.6 Å². The Morgan fingerprint density at radius 3 is 1.66 bits per heavy atom. The molecule has 3 aromatic carbocycles. The fourth-order valence-corrected chi connectivity index (χ4v) is 3.05. The molecule has 35 heavy (non-hydrogen) atoms. The SMILES string of the molecule is CCCCCCC(C)N.NCc1ccccc1.NCc1ccccc1Cl.NCc1ccccc1F. The molecule has 0 saturated carbocycles. The van der Waals surface area contributed by atoms with Crippen molar-refractivity contribution < 1.29 is 4.39 Å². The van der Waals surface area contributed by atoms with Crippen molar-refractivity contribution in [1.82, 2.24) is 0 Å². The number of unbranched alkanes of at least 4 members (excludes halogenated alkanes) is 3. The predicted molar refractivity (Wildman–Crippen MR) is 150 cm³/mol. The standard InChI is InChI=1S/C8H19N.C7H8ClN.C7H8FN.C7H9N/c1-3-4-5-6-7-8(2)9;2*8-7-4-2-1-3-6(7)5-9;8-6-7-4-2-1-3-5-7/h8H,3-7,9H2,1-2H3;2*1-4H,5,9H2;1-5H,6,8H2. The van der Waals surface area contributed by atoms with Crippen LogP contribution in [0.4, 0.5) is 4.39 Å². The van der Waals surface area contributed by atoms with Crippen LogP contribution in [0.1, 0.15) is 62.6 Å². The van der Waals surface area contributed by atoms with Gasteiger partial charge in [-0.15, -0.1) is 0 Å². The van der Waals surface area contributed by atoms with Crippen LogP contribution in [-0.2, 0) is 19.6 Å². The molecule has 0 radical (unpaired) electrons. The number of rotatable bonds is 8. The molecule has 0 fully saturated rings. The van der Waals surface area contributed by atoms with E-state index in [2.05, 4.69) is 13.8 Å². The Labute approximate surface area is 216 Å². The summed E-state index contributed by atoms with van der Waals surface area (Å²) in [6.45, 7) is 5.73. The number of hydrogen-bond acceptors (Lipinski definition) is 4. The Morgan fingerprint density at radius 1 is 0.714 bits per heavy atom. The van der Waals surface area contributed by atoms with Crippen LogP contribution in [0.15, 0.2) is 78.9 Å². The first-order valence-electron chi connectivity index (χ1n) is 12.3. The summed E-state index contributed by atoms with van der Waals surface area (Å²) < 4.78 is 12.5. The molecule has 0 aliphatic heterocycles. The summed E-state index contributed by atoms with van der Waals surface area (Å²) in [6.07, 6.45) is 6.55. The van der Waals surface area contributed by atoms with Gasteiger partial charge in [-0.05, 0) is 36.6 Å². The minimum Gasteiger partial charge on any atom is -0.328 e. The average Bonchev–Trinajstić information content (AvgIpc) is 2.89. The molecule has 0 aliphatic carbocycles. The molecule has 0 spiro atoms. The van der Waals surface area contributed by atoms with E-state index >= 15 is 0 Å². The summed E-state index contributed by atoms with van der Waals surface area (Å²) >= 11 is 5.74. The van der Waals surface area contributed by atoms with Gasteiger partial charge in [0.15, 0.2) is 0 Å². The maximum absolute atomic E-state index is 12.5. The van der Waals surface area contributed by atoms with Crippen LogP contribution in [0.5, 0.6) is 0 Å². The molecule has 8 N–H and O–H groups in total. The Morgan fingerprint density at radius 2 is 1.26 bits per heavy atom. The Balaban J connectivity index is 0.000000441. The van der Waals surface area contributed by atoms with Crippen molar-refractivity contribution in [2.24, 2.45) is 22.9 Å². The average molecular weight is 503 g/mol. The van der Waals surface area contributed by atoms with Crippen molar-refractivity contribution in [3.05, 3.63) is 106 Å². The second-order valence-corrected chi connectivity index (χ2v) is 8.51. The number of benzene rings is 3. The number of halogens is 2. The summed E-state index contributed by atoms with van der Waals surface area (Å²) in [7, 11) is 0. The van der Waals surface area contributed by atoms with Crippen LogP contribution in [-0.4, -0.2) is 6.04 Å². The first-order valence-corrected chi connectivity index (χ1v) is 12.6. The van der Waals surface area contributed by atoms with Crippen molar-refractivity contribution in [3.63, 3.8) is 0 Å². The first kappa shape index (κ1) is 32.7. The molecule has 1 unspecified atom stereocenters. The fourth-order valence-electron chi connectivity index (χ4n) is 2.84. The van der Waals surface area contributed by atoms with Gasteiger partial charge >= 0.3 is 0 Å². The van der Waals surface area contributed by atoms with Crippen molar-refractivity contribution in [2.45, 2.75) is 71.6 Å². The topological polar surface area (TPSA) is 104 Å². The molecule has 194 valence electrons. The highest BCUT2D eigenvalue weighted by atomic mass is 35.5. The second-order valence-electron chi connectivity index (χ2n) is 8.11. The van der Waals surface area contributed by atoms with Gasteiger partial charge in [-0.3, -0.25) is 0 Å². The molecule has 0 saturated heterocycles. The maximum atomic E-state index is 12.5. The van der Waals surface area contributed by atoms with Crippen molar-refractivity contribution in [3.8, 4) is 0 Å². The van der Waals surface area contributed by atoms with E-state index in [1.54, 1.807) is 18.2 Å². The third-order valence-corrected chi connectivity index (χ3v) is 5.32. The molecular weight excluding hydrogens is 459 g/mol. The molecule has 3 aromatic rings. The minimum absolute atomic E-state index is 0.222. The van der Waals surface area contributed by atoms with Crippen molar-refractivity contribution in [2.75, 3.05) is 0 Å². The van der Waals surface area contributed by atoms with Gasteiger partial charge in [-0.2, -0.15) is 0 Å². The molecule has 0 aromatic heterocycles. The monoisotopic (exact) mass is 502 g/mol. The van der Waals surface area contributed by atoms with Crippen LogP contribution in [0.25, 0.3) is 0 Å². The quantitative estimate of drug-likeness (QED) is 0.263. The molecule has 0 aliphatic rings. The highest BCUT2D eigenvalue weighted by Gasteiger charge is 1.94. The van der Waals surface area contributed by atoms with Gasteiger partial charge in [0, 0.05) is 36.3 Å². The second kappa shape index (κ2) is 22.2. The normalized spacial score (nSPS) is 10.5. The molecule has 0 bridgehead atoms. The van der Waals surface area contributed by atoms with Gasteiger partial charge < -0.3 is 22.9 Å². The van der Waals surface area contributed by atoms with E-state index < -0.39 is 0 Å². The van der Waals surface area contributed by atoms with Crippen LogP contribution < -0.4 is 22.9 Å². The van der Waals surface area contributed by atoms with Gasteiger partial charge in [0.1, 0.15) is 5.82 Å². The lowest BCUT2D eigenvalue weighted by Crippen LogP contribution is -2.13. The van der Waals surface area contributed by atoms with Gasteiger partial charge in [-0.1, -0.05) is 111 Å². The molecule has 0 heterocycles. The maximum Gasteiger partial charge on any atom is 0.127 e. The van der Waals surface area contributed by atoms with Gasteiger partial charge in [0.05, 0.1) is 0 Å². The van der Waals surface area contributed by atoms with Gasteiger partial charge in [0.25, 0.3) is 0 Å². The summed E-state index contributed by atoms with van der Waals surface area (Å²) in [4.78, 5) is 0. The lowest BCUT2D eigenvalue weighted by Gasteiger charge is -2.02. The molecule has 1 atom stereocenters. The Kier molecular flexibility index (Phi) is 20.8. The molecule has 0 amide bonds. The molecule has 6 heteroatoms. The van der Waals surface area contributed by atoms with E-state index in [0.717, 1.165) is 10.6 Å². The summed E-state index contributed by atoms with van der Waals surface area (Å²) in [5.41, 5.74) is 24.3. The number of hydrogen-bond donors (Lipinski definition) is 4. The lowest BCUT2D eigenvalue weighted by atomic mass is 10.1. The smallest absolute Gasteiger partial charge is 0.127 e. The highest BCUT2D eigenvalue weighted by Crippen LogP contribution is 2.13. The Hall–Kier alpha value is -2.28. The summed E-state index contributed by atoms with van der Waals surface area (Å²) in [6, 6.07) is 24.5. The largest absolute Gasteiger partial charge is 0.328 e. The number of nitrogens with two attached hydrogens (primary N) is 4. The molecular formula is C29H44ClFN4. The van der Waals surface area contributed by atoms with E-state index in [1.807, 2.05) is 54.6 Å². The predicted octanol–water partition coefficient (Wildman–Crippen LogP) is 6.53. The Bertz CT molecular complexity index is 830. The van der Waals surface area contributed by atoms with E-state index in [-0.39, 0.29) is 12.4 Å². The first-order chi connectivity index (χ1) is 16.9. The van der Waals surface area contributed by atoms with E-state index in [1.165, 1.54) is 43.7 Å². The highest BCUT2D eigenvalue weighted by molar-refractivity contribution is 6.31. The van der Waals surface area contributed by atoms with Gasteiger partial charge in [0.2, 0.25) is 0 Å². The van der Waals surface area contributed by atoms with E-state index in [9.17, 15) is 4.39 Å². The van der Waals surface area contributed by atoms with Crippen molar-refractivity contribution in [1.29, 1.82) is 0 Å². The molecule has 3 rings (SSSR count). The third kappa shape index (κ3) is 17.8. The summed E-state index contributed by atoms with van der Waals surface area (Å²) in [5.74, 6) is -0.222. The van der Waals surface area contributed by atoms with Crippen LogP contribution >= 0.6 is 11.6 Å². The minimum atomic E-state index is -0.222. The van der Waals surface area contributed by atoms with Crippen LogP contribution in [0.3, 0.4) is 0 Å². The van der Waals surface area contributed by atoms with Crippen LogP contribution in [0, 0.1) is 5.82 Å². The zero-order valence-corrected chi connectivity index (χ0v) is 22.1. The molecule has 4 nitrogen and oxygen atoms in total. The van der Waals surface area contributed by atoms with Crippen LogP contribution in [0.2, 0.25) is 5.02 Å². The third-order valence-electron chi connectivity index (χ3n) is 4.95. The van der Waals surface area contributed by atoms with Gasteiger partial charge in [-0.25, -0.2) is 4.39 Å². The fraction of sp³-hybridized carbons (Fsp3) is 0.379. The van der Waals surface area contributed by atoms with E-state index in [0.29, 0.717) is 24.7 Å². The zero-order valence-electron chi connectivity index (χ0n) is 21.3. The summed E-state index contributed by atoms with van der Waals surface area (Å²) in [5, 5.41) is 0.750. The lowest BCUT2D eigenvalue weighted by molar-refractivity contribution is 0.575. The zero-order chi connectivity index (χ0) is 26.3. The van der Waals surface area contributed by atoms with E-state index in [4.69, 9.17) is 34.5 Å².